The molecule has 0 aliphatic rings. The number of nitrogens with one attached hydrogen (secondary N) is 1. The van der Waals surface area contributed by atoms with E-state index in [1.807, 2.05) is 24.3 Å². The number of aryl methyl sites for hydroxylation is 1. The third-order valence-electron chi connectivity index (χ3n) is 5.00. The molecule has 0 bridgehead atoms. The number of H-pyrrole nitrogens is 1. The van der Waals surface area contributed by atoms with Crippen LogP contribution in [0.15, 0.2) is 47.3 Å². The van der Waals surface area contributed by atoms with Gasteiger partial charge in [0.1, 0.15) is 5.82 Å². The molecule has 4 nitrogen and oxygen atoms in total. The summed E-state index contributed by atoms with van der Waals surface area (Å²) in [7, 11) is 0. The smallest absolute Gasteiger partial charge is 0.248 e. The maximum absolute atomic E-state index is 14.2. The zero-order valence-corrected chi connectivity index (χ0v) is 15.8. The van der Waals surface area contributed by atoms with E-state index in [9.17, 15) is 13.6 Å². The lowest BCUT2D eigenvalue weighted by atomic mass is 10.1. The van der Waals surface area contributed by atoms with Crippen LogP contribution in [0.25, 0.3) is 21.9 Å². The molecule has 4 rings (SSSR count). The fourth-order valence-electron chi connectivity index (χ4n) is 3.55. The second-order valence-corrected chi connectivity index (χ2v) is 7.48. The summed E-state index contributed by atoms with van der Waals surface area (Å²) in [6.45, 7) is 4.68. The number of fused-ring (bicyclic) bond motifs is 2. The van der Waals surface area contributed by atoms with Gasteiger partial charge >= 0.3 is 0 Å². The van der Waals surface area contributed by atoms with Gasteiger partial charge < -0.3 is 9.55 Å². The van der Waals surface area contributed by atoms with Crippen molar-refractivity contribution >= 4 is 21.9 Å². The van der Waals surface area contributed by atoms with E-state index in [0.717, 1.165) is 35.8 Å². The molecule has 4 aromatic rings. The zero-order chi connectivity index (χ0) is 19.8. The van der Waals surface area contributed by atoms with Crippen LogP contribution in [0.4, 0.5) is 8.78 Å². The minimum absolute atomic E-state index is 0.101. The molecule has 2 heterocycles. The Kier molecular flexibility index (Phi) is 4.71. The Hall–Kier alpha value is -3.02. The molecule has 6 heteroatoms. The number of rotatable bonds is 5. The van der Waals surface area contributed by atoms with Gasteiger partial charge in [0.2, 0.25) is 5.56 Å². The molecule has 0 atom stereocenters. The Morgan fingerprint density at radius 1 is 1.14 bits per heavy atom. The summed E-state index contributed by atoms with van der Waals surface area (Å²) in [5, 5.41) is 0.492. The molecule has 2 aromatic carbocycles. The third kappa shape index (κ3) is 3.30. The number of aromatic nitrogens is 3. The van der Waals surface area contributed by atoms with Crippen molar-refractivity contribution in [3.63, 3.8) is 0 Å². The summed E-state index contributed by atoms with van der Waals surface area (Å²) in [4.78, 5) is 19.3. The number of nitrogens with zero attached hydrogens (tertiary/aromatic N) is 2. The molecule has 0 amide bonds. The average molecular weight is 381 g/mol. The topological polar surface area (TPSA) is 50.7 Å². The van der Waals surface area contributed by atoms with E-state index in [1.54, 1.807) is 0 Å². The molecule has 0 saturated heterocycles. The largest absolute Gasteiger partial charge is 0.323 e. The fourth-order valence-corrected chi connectivity index (χ4v) is 3.55. The van der Waals surface area contributed by atoms with E-state index in [0.29, 0.717) is 23.4 Å². The second-order valence-electron chi connectivity index (χ2n) is 7.48. The molecule has 0 saturated carbocycles. The van der Waals surface area contributed by atoms with Gasteiger partial charge in [0.25, 0.3) is 0 Å². The second kappa shape index (κ2) is 7.19. The van der Waals surface area contributed by atoms with Crippen molar-refractivity contribution in [1.82, 2.24) is 14.5 Å². The Balaban J connectivity index is 1.87. The molecule has 0 unspecified atom stereocenters. The zero-order valence-electron chi connectivity index (χ0n) is 15.8. The minimum atomic E-state index is -1.04. The summed E-state index contributed by atoms with van der Waals surface area (Å²) in [5.74, 6) is -0.561. The van der Waals surface area contributed by atoms with Crippen molar-refractivity contribution in [1.29, 1.82) is 0 Å². The van der Waals surface area contributed by atoms with Gasteiger partial charge in [-0.15, -0.1) is 0 Å². The van der Waals surface area contributed by atoms with Crippen LogP contribution >= 0.6 is 0 Å². The molecule has 0 spiro atoms. The van der Waals surface area contributed by atoms with Crippen LogP contribution in [0.5, 0.6) is 0 Å². The number of aromatic amines is 1. The van der Waals surface area contributed by atoms with Crippen LogP contribution in [-0.2, 0) is 13.0 Å². The van der Waals surface area contributed by atoms with Gasteiger partial charge in [-0.3, -0.25) is 4.79 Å². The highest BCUT2D eigenvalue weighted by molar-refractivity contribution is 5.83. The highest BCUT2D eigenvalue weighted by Gasteiger charge is 2.16. The van der Waals surface area contributed by atoms with Crippen molar-refractivity contribution in [3.05, 3.63) is 75.8 Å². The first-order valence-electron chi connectivity index (χ1n) is 9.38. The van der Waals surface area contributed by atoms with Crippen molar-refractivity contribution in [2.75, 3.05) is 0 Å². The van der Waals surface area contributed by atoms with E-state index in [1.165, 1.54) is 12.1 Å². The quantitative estimate of drug-likeness (QED) is 0.540. The van der Waals surface area contributed by atoms with Gasteiger partial charge in [0.05, 0.1) is 23.1 Å². The molecule has 144 valence electrons. The van der Waals surface area contributed by atoms with Crippen LogP contribution in [0.3, 0.4) is 0 Å². The van der Waals surface area contributed by atoms with Crippen LogP contribution < -0.4 is 5.56 Å². The summed E-state index contributed by atoms with van der Waals surface area (Å²) < 4.78 is 29.9. The predicted molar refractivity (Wildman–Crippen MR) is 106 cm³/mol. The average Bonchev–Trinajstić information content (AvgIpc) is 3.01. The van der Waals surface area contributed by atoms with Gasteiger partial charge in [-0.05, 0) is 42.2 Å². The fraction of sp³-hybridized carbons (Fsp3) is 0.273. The minimum Gasteiger partial charge on any atom is -0.323 e. The van der Waals surface area contributed by atoms with Gasteiger partial charge in [-0.25, -0.2) is 13.8 Å². The number of benzene rings is 2. The maximum Gasteiger partial charge on any atom is 0.248 e. The van der Waals surface area contributed by atoms with E-state index >= 15 is 0 Å². The van der Waals surface area contributed by atoms with E-state index in [-0.39, 0.29) is 5.52 Å². The number of pyridine rings is 1. The normalized spacial score (nSPS) is 11.8. The number of para-hydroxylation sites is 2. The first-order valence-corrected chi connectivity index (χ1v) is 9.38. The van der Waals surface area contributed by atoms with Gasteiger partial charge in [-0.2, -0.15) is 0 Å². The van der Waals surface area contributed by atoms with Crippen molar-refractivity contribution < 1.29 is 8.78 Å². The maximum atomic E-state index is 14.2. The standard InChI is InChI=1S/C22H21F2N3O/c1-13(2)7-10-19-25-17-5-3-4-6-18(17)27(19)12-14-11-20(28)26-22-15(14)8-9-16(23)21(22)24/h3-6,8-9,11,13H,7,10,12H2,1-2H3,(H,26,28). The van der Waals surface area contributed by atoms with Crippen LogP contribution in [-0.4, -0.2) is 14.5 Å². The summed E-state index contributed by atoms with van der Waals surface area (Å²) >= 11 is 0. The monoisotopic (exact) mass is 381 g/mol. The highest BCUT2D eigenvalue weighted by Crippen LogP contribution is 2.24. The number of imidazole rings is 1. The molecule has 0 aliphatic carbocycles. The first-order chi connectivity index (χ1) is 13.4. The lowest BCUT2D eigenvalue weighted by molar-refractivity contribution is 0.515. The van der Waals surface area contributed by atoms with Gasteiger partial charge in [-0.1, -0.05) is 26.0 Å². The molecule has 28 heavy (non-hydrogen) atoms. The van der Waals surface area contributed by atoms with Crippen molar-refractivity contribution in [2.24, 2.45) is 5.92 Å². The number of hydrogen-bond donors (Lipinski definition) is 1. The first kappa shape index (κ1) is 18.3. The van der Waals surface area contributed by atoms with E-state index in [2.05, 4.69) is 23.4 Å². The molecule has 1 N–H and O–H groups in total. The molecule has 0 fully saturated rings. The van der Waals surface area contributed by atoms with E-state index in [4.69, 9.17) is 4.98 Å². The summed E-state index contributed by atoms with van der Waals surface area (Å²) in [5.41, 5.74) is 1.91. The molecule has 0 radical (unpaired) electrons. The number of halogens is 2. The highest BCUT2D eigenvalue weighted by atomic mass is 19.2. The molecular formula is C22H21F2N3O. The van der Waals surface area contributed by atoms with Crippen molar-refractivity contribution in [3.8, 4) is 0 Å². The van der Waals surface area contributed by atoms with Crippen LogP contribution in [0.1, 0.15) is 31.7 Å². The van der Waals surface area contributed by atoms with Crippen LogP contribution in [0, 0.1) is 17.6 Å². The molecular weight excluding hydrogens is 360 g/mol. The third-order valence-corrected chi connectivity index (χ3v) is 5.00. The predicted octanol–water partition coefficient (Wildman–Crippen LogP) is 4.79. The van der Waals surface area contributed by atoms with Crippen molar-refractivity contribution in [2.45, 2.75) is 33.2 Å². The Morgan fingerprint density at radius 3 is 2.71 bits per heavy atom. The van der Waals surface area contributed by atoms with Gasteiger partial charge in [0, 0.05) is 17.9 Å². The lowest BCUT2D eigenvalue weighted by Crippen LogP contribution is -2.12. The molecule has 0 aliphatic heterocycles. The Labute approximate surface area is 160 Å². The Bertz CT molecular complexity index is 1220. The lowest BCUT2D eigenvalue weighted by Gasteiger charge is -2.13. The van der Waals surface area contributed by atoms with Gasteiger partial charge in [0.15, 0.2) is 11.6 Å². The summed E-state index contributed by atoms with van der Waals surface area (Å²) in [6.07, 6.45) is 1.79. The Morgan fingerprint density at radius 2 is 1.93 bits per heavy atom. The SMILES string of the molecule is CC(C)CCc1nc2ccccc2n1Cc1cc(=O)[nH]c2c(F)c(F)ccc12. The van der Waals surface area contributed by atoms with E-state index < -0.39 is 17.2 Å². The molecule has 2 aromatic heterocycles. The number of hydrogen-bond acceptors (Lipinski definition) is 2. The summed E-state index contributed by atoms with van der Waals surface area (Å²) in [6, 6.07) is 11.9. The van der Waals surface area contributed by atoms with Crippen LogP contribution in [0.2, 0.25) is 0 Å².